The van der Waals surface area contributed by atoms with E-state index in [1.54, 1.807) is 16.7 Å². The molecular formula is C15H13ClF3NO2. The molecule has 0 N–H and O–H groups in total. The van der Waals surface area contributed by atoms with E-state index >= 15 is 0 Å². The maximum atomic E-state index is 12.8. The summed E-state index contributed by atoms with van der Waals surface area (Å²) in [6.07, 6.45) is -1.97. The standard InChI is InChI=1S/C15H13ClF3NO2/c16-11-4-1-5-12-13(11)10(14(21)15(17,18)19)8-20(12)7-9-3-2-6-22-9/h1,4-5,8-9H,2-3,6-7H2. The van der Waals surface area contributed by atoms with Gasteiger partial charge in [0.1, 0.15) is 0 Å². The first-order valence-corrected chi connectivity index (χ1v) is 7.26. The van der Waals surface area contributed by atoms with Crippen LogP contribution in [0.15, 0.2) is 24.4 Å². The smallest absolute Gasteiger partial charge is 0.376 e. The third-order valence-electron chi connectivity index (χ3n) is 3.78. The number of Topliss-reactive ketones (excluding diaryl/α,β-unsaturated/α-hetero) is 1. The molecule has 22 heavy (non-hydrogen) atoms. The van der Waals surface area contributed by atoms with Crippen LogP contribution in [-0.2, 0) is 11.3 Å². The fourth-order valence-corrected chi connectivity index (χ4v) is 3.06. The van der Waals surface area contributed by atoms with Crippen molar-refractivity contribution in [1.29, 1.82) is 0 Å². The van der Waals surface area contributed by atoms with Gasteiger partial charge in [-0.25, -0.2) is 0 Å². The molecule has 118 valence electrons. The van der Waals surface area contributed by atoms with Crippen molar-refractivity contribution < 1.29 is 22.7 Å². The van der Waals surface area contributed by atoms with Crippen molar-refractivity contribution >= 4 is 28.3 Å². The molecule has 2 heterocycles. The normalized spacial score (nSPS) is 19.0. The molecule has 1 unspecified atom stereocenters. The zero-order valence-corrected chi connectivity index (χ0v) is 12.2. The van der Waals surface area contributed by atoms with E-state index in [-0.39, 0.29) is 16.5 Å². The summed E-state index contributed by atoms with van der Waals surface area (Å²) in [5.74, 6) is -1.88. The first-order valence-electron chi connectivity index (χ1n) is 6.88. The van der Waals surface area contributed by atoms with Crippen molar-refractivity contribution in [3.8, 4) is 0 Å². The van der Waals surface area contributed by atoms with Crippen molar-refractivity contribution in [2.24, 2.45) is 0 Å². The lowest BCUT2D eigenvalue weighted by atomic mass is 10.1. The third-order valence-corrected chi connectivity index (χ3v) is 4.10. The summed E-state index contributed by atoms with van der Waals surface area (Å²) in [6.45, 7) is 1.06. The van der Waals surface area contributed by atoms with Crippen LogP contribution in [0, 0.1) is 0 Å². The number of benzene rings is 1. The van der Waals surface area contributed by atoms with E-state index in [0.29, 0.717) is 18.7 Å². The van der Waals surface area contributed by atoms with Gasteiger partial charge in [0, 0.05) is 24.7 Å². The first-order chi connectivity index (χ1) is 10.4. The van der Waals surface area contributed by atoms with Gasteiger partial charge >= 0.3 is 6.18 Å². The number of ketones is 1. The van der Waals surface area contributed by atoms with Gasteiger partial charge in [-0.3, -0.25) is 4.79 Å². The Labute approximate surface area is 129 Å². The first kappa shape index (κ1) is 15.4. The van der Waals surface area contributed by atoms with Crippen molar-refractivity contribution in [3.63, 3.8) is 0 Å². The van der Waals surface area contributed by atoms with E-state index in [1.807, 2.05) is 0 Å². The minimum atomic E-state index is -4.93. The quantitative estimate of drug-likeness (QED) is 0.789. The van der Waals surface area contributed by atoms with Gasteiger partial charge < -0.3 is 9.30 Å². The lowest BCUT2D eigenvalue weighted by Crippen LogP contribution is -2.22. The van der Waals surface area contributed by atoms with Crippen LogP contribution < -0.4 is 0 Å². The van der Waals surface area contributed by atoms with Crippen LogP contribution in [0.25, 0.3) is 10.9 Å². The van der Waals surface area contributed by atoms with Crippen LogP contribution in [0.2, 0.25) is 5.02 Å². The molecule has 0 aliphatic carbocycles. The number of carbonyl (C=O) groups excluding carboxylic acids is 1. The summed E-state index contributed by atoms with van der Waals surface area (Å²) in [5, 5.41) is 0.278. The van der Waals surface area contributed by atoms with Gasteiger partial charge in [0.15, 0.2) is 0 Å². The number of rotatable bonds is 3. The molecule has 3 rings (SSSR count). The van der Waals surface area contributed by atoms with Crippen molar-refractivity contribution in [1.82, 2.24) is 4.57 Å². The summed E-state index contributed by atoms with van der Waals surface area (Å²) in [4.78, 5) is 11.7. The Balaban J connectivity index is 2.10. The molecule has 1 fully saturated rings. The predicted octanol–water partition coefficient (Wildman–Crippen LogP) is 4.22. The predicted molar refractivity (Wildman–Crippen MR) is 76.3 cm³/mol. The minimum absolute atomic E-state index is 0.0524. The number of hydrogen-bond donors (Lipinski definition) is 0. The van der Waals surface area contributed by atoms with E-state index in [4.69, 9.17) is 16.3 Å². The molecule has 1 saturated heterocycles. The number of nitrogens with zero attached hydrogens (tertiary/aromatic N) is 1. The van der Waals surface area contributed by atoms with Crippen molar-refractivity contribution in [2.75, 3.05) is 6.61 Å². The highest BCUT2D eigenvalue weighted by Gasteiger charge is 2.41. The number of fused-ring (bicyclic) bond motifs is 1. The molecule has 1 aromatic carbocycles. The van der Waals surface area contributed by atoms with Crippen LogP contribution in [0.4, 0.5) is 13.2 Å². The Morgan fingerprint density at radius 3 is 2.82 bits per heavy atom. The van der Waals surface area contributed by atoms with Crippen LogP contribution >= 0.6 is 11.6 Å². The summed E-state index contributed by atoms with van der Waals surface area (Å²) >= 11 is 6.02. The molecule has 7 heteroatoms. The number of halogens is 4. The molecule has 2 aromatic rings. The van der Waals surface area contributed by atoms with Gasteiger partial charge in [0.2, 0.25) is 0 Å². The summed E-state index contributed by atoms with van der Waals surface area (Å²) < 4.78 is 45.5. The Kier molecular flexibility index (Phi) is 3.91. The number of aromatic nitrogens is 1. The fourth-order valence-electron chi connectivity index (χ4n) is 2.79. The summed E-state index contributed by atoms with van der Waals surface area (Å²) in [7, 11) is 0. The lowest BCUT2D eigenvalue weighted by molar-refractivity contribution is -0.0884. The Bertz CT molecular complexity index is 717. The molecule has 1 aromatic heterocycles. The fraction of sp³-hybridized carbons (Fsp3) is 0.400. The topological polar surface area (TPSA) is 31.2 Å². The van der Waals surface area contributed by atoms with Gasteiger partial charge in [-0.1, -0.05) is 17.7 Å². The molecule has 0 bridgehead atoms. The van der Waals surface area contributed by atoms with E-state index in [0.717, 1.165) is 12.8 Å². The molecule has 0 saturated carbocycles. The number of carbonyl (C=O) groups is 1. The molecule has 1 aliphatic rings. The molecule has 0 amide bonds. The lowest BCUT2D eigenvalue weighted by Gasteiger charge is -2.11. The van der Waals surface area contributed by atoms with Gasteiger partial charge in [-0.2, -0.15) is 13.2 Å². The highest BCUT2D eigenvalue weighted by atomic mass is 35.5. The monoisotopic (exact) mass is 331 g/mol. The average molecular weight is 332 g/mol. The molecular weight excluding hydrogens is 319 g/mol. The second-order valence-corrected chi connectivity index (χ2v) is 5.70. The van der Waals surface area contributed by atoms with Crippen LogP contribution in [-0.4, -0.2) is 29.2 Å². The van der Waals surface area contributed by atoms with E-state index in [1.165, 1.54) is 12.3 Å². The van der Waals surface area contributed by atoms with Gasteiger partial charge in [-0.05, 0) is 25.0 Å². The minimum Gasteiger partial charge on any atom is -0.376 e. The maximum Gasteiger partial charge on any atom is 0.454 e. The summed E-state index contributed by atoms with van der Waals surface area (Å²) in [5.41, 5.74) is 0.0988. The van der Waals surface area contributed by atoms with E-state index in [2.05, 4.69) is 0 Å². The molecule has 0 spiro atoms. The second kappa shape index (κ2) is 5.59. The van der Waals surface area contributed by atoms with Crippen LogP contribution in [0.3, 0.4) is 0 Å². The van der Waals surface area contributed by atoms with E-state index < -0.39 is 17.5 Å². The highest BCUT2D eigenvalue weighted by Crippen LogP contribution is 2.33. The zero-order valence-electron chi connectivity index (χ0n) is 11.5. The van der Waals surface area contributed by atoms with Crippen LogP contribution in [0.5, 0.6) is 0 Å². The molecule has 3 nitrogen and oxygen atoms in total. The Hall–Kier alpha value is -1.53. The highest BCUT2D eigenvalue weighted by molar-refractivity contribution is 6.37. The van der Waals surface area contributed by atoms with E-state index in [9.17, 15) is 18.0 Å². The summed E-state index contributed by atoms with van der Waals surface area (Å²) in [6, 6.07) is 4.79. The molecule has 1 atom stereocenters. The van der Waals surface area contributed by atoms with Gasteiger partial charge in [-0.15, -0.1) is 0 Å². The zero-order chi connectivity index (χ0) is 15.9. The SMILES string of the molecule is O=C(c1cn(CC2CCCO2)c2cccc(Cl)c12)C(F)(F)F. The second-order valence-electron chi connectivity index (χ2n) is 5.29. The molecule has 0 radical (unpaired) electrons. The van der Waals surface area contributed by atoms with Crippen molar-refractivity contribution in [3.05, 3.63) is 35.0 Å². The number of hydrogen-bond acceptors (Lipinski definition) is 2. The number of alkyl halides is 3. The Morgan fingerprint density at radius 1 is 1.41 bits per heavy atom. The largest absolute Gasteiger partial charge is 0.454 e. The Morgan fingerprint density at radius 2 is 2.18 bits per heavy atom. The number of ether oxygens (including phenoxy) is 1. The molecule has 1 aliphatic heterocycles. The van der Waals surface area contributed by atoms with Crippen LogP contribution in [0.1, 0.15) is 23.2 Å². The van der Waals surface area contributed by atoms with Gasteiger partial charge in [0.05, 0.1) is 22.2 Å². The maximum absolute atomic E-state index is 12.8. The third kappa shape index (κ3) is 2.73. The van der Waals surface area contributed by atoms with Crippen molar-refractivity contribution in [2.45, 2.75) is 31.7 Å². The average Bonchev–Trinajstić information content (AvgIpc) is 3.06. The van der Waals surface area contributed by atoms with Gasteiger partial charge in [0.25, 0.3) is 5.78 Å².